The Bertz CT molecular complexity index is 864. The third kappa shape index (κ3) is 5.16. The molecule has 2 aromatic rings. The van der Waals surface area contributed by atoms with Gasteiger partial charge in [-0.25, -0.2) is 4.57 Å². The fourth-order valence-electron chi connectivity index (χ4n) is 3.34. The number of unbranched alkanes of at least 4 members (excludes halogenated alkanes) is 2. The van der Waals surface area contributed by atoms with Gasteiger partial charge in [-0.05, 0) is 56.4 Å². The number of phosphoric acid groups is 1. The topological polar surface area (TPSA) is 65.0 Å². The Labute approximate surface area is 167 Å². The van der Waals surface area contributed by atoms with Crippen molar-refractivity contribution in [1.82, 2.24) is 0 Å². The minimum atomic E-state index is -3.73. The van der Waals surface area contributed by atoms with Crippen LogP contribution in [0.25, 0.3) is 11.1 Å². The zero-order chi connectivity index (χ0) is 20.1. The van der Waals surface area contributed by atoms with E-state index in [0.29, 0.717) is 24.3 Å². The minimum Gasteiger partial charge on any atom is -0.507 e. The van der Waals surface area contributed by atoms with E-state index in [4.69, 9.17) is 13.6 Å². The molecular weight excluding hydrogens is 375 g/mol. The molecule has 1 fully saturated rings. The predicted octanol–water partition coefficient (Wildman–Crippen LogP) is 6.41. The van der Waals surface area contributed by atoms with Crippen molar-refractivity contribution in [3.8, 4) is 22.6 Å². The Balaban J connectivity index is 2.01. The lowest BCUT2D eigenvalue weighted by Gasteiger charge is -2.27. The molecule has 3 rings (SSSR count). The van der Waals surface area contributed by atoms with Gasteiger partial charge in [0, 0.05) is 0 Å². The van der Waals surface area contributed by atoms with Crippen molar-refractivity contribution in [1.29, 1.82) is 0 Å². The van der Waals surface area contributed by atoms with Gasteiger partial charge in [-0.15, -0.1) is 0 Å². The SMILES string of the molecule is CCCCCc1cc(O)c(-c2cccc(C)c2)c(OP2(=O)OCCC(C)O2)c1. The van der Waals surface area contributed by atoms with E-state index in [1.165, 1.54) is 0 Å². The first-order valence-electron chi connectivity index (χ1n) is 9.95. The summed E-state index contributed by atoms with van der Waals surface area (Å²) in [7, 11) is -3.73. The monoisotopic (exact) mass is 404 g/mol. The second-order valence-electron chi connectivity index (χ2n) is 7.39. The quantitative estimate of drug-likeness (QED) is 0.426. The maximum absolute atomic E-state index is 13.0. The lowest BCUT2D eigenvalue weighted by molar-refractivity contribution is 0.0609. The Morgan fingerprint density at radius 2 is 2.07 bits per heavy atom. The highest BCUT2D eigenvalue weighted by atomic mass is 31.2. The van der Waals surface area contributed by atoms with Crippen LogP contribution < -0.4 is 4.52 Å². The summed E-state index contributed by atoms with van der Waals surface area (Å²) in [6.45, 7) is 6.30. The lowest BCUT2D eigenvalue weighted by atomic mass is 9.98. The Morgan fingerprint density at radius 3 is 2.79 bits per heavy atom. The Hall–Kier alpha value is -1.81. The number of hydrogen-bond donors (Lipinski definition) is 1. The van der Waals surface area contributed by atoms with Crippen LogP contribution in [0.3, 0.4) is 0 Å². The van der Waals surface area contributed by atoms with Crippen LogP contribution in [-0.4, -0.2) is 17.8 Å². The largest absolute Gasteiger partial charge is 0.530 e. The maximum Gasteiger partial charge on any atom is 0.530 e. The summed E-state index contributed by atoms with van der Waals surface area (Å²) in [4.78, 5) is 0. The lowest BCUT2D eigenvalue weighted by Crippen LogP contribution is -2.19. The van der Waals surface area contributed by atoms with E-state index in [0.717, 1.165) is 42.4 Å². The average Bonchev–Trinajstić information content (AvgIpc) is 2.61. The number of phenolic OH excluding ortho intramolecular Hbond substituents is 1. The molecule has 1 aliphatic rings. The van der Waals surface area contributed by atoms with Crippen LogP contribution in [0.2, 0.25) is 0 Å². The third-order valence-electron chi connectivity index (χ3n) is 4.81. The van der Waals surface area contributed by atoms with Crippen LogP contribution in [0, 0.1) is 6.92 Å². The number of phenols is 1. The number of rotatable bonds is 7. The van der Waals surface area contributed by atoms with Crippen LogP contribution in [-0.2, 0) is 20.0 Å². The van der Waals surface area contributed by atoms with Crippen LogP contribution in [0.5, 0.6) is 11.5 Å². The molecule has 0 amide bonds. The predicted molar refractivity (Wildman–Crippen MR) is 111 cm³/mol. The normalized spacial score (nSPS) is 22.2. The summed E-state index contributed by atoms with van der Waals surface area (Å²) in [6, 6.07) is 11.4. The van der Waals surface area contributed by atoms with E-state index in [-0.39, 0.29) is 11.9 Å². The van der Waals surface area contributed by atoms with Gasteiger partial charge in [0.05, 0.1) is 18.3 Å². The van der Waals surface area contributed by atoms with Gasteiger partial charge in [-0.2, -0.15) is 0 Å². The summed E-state index contributed by atoms with van der Waals surface area (Å²) in [5.74, 6) is 0.431. The molecule has 0 saturated carbocycles. The van der Waals surface area contributed by atoms with Gasteiger partial charge in [0.15, 0.2) is 0 Å². The van der Waals surface area contributed by atoms with Gasteiger partial charge in [0.25, 0.3) is 0 Å². The number of benzene rings is 2. The summed E-state index contributed by atoms with van der Waals surface area (Å²) in [5.41, 5.74) is 3.29. The van der Waals surface area contributed by atoms with E-state index in [1.54, 1.807) is 6.07 Å². The molecular formula is C22H29O5P. The van der Waals surface area contributed by atoms with Gasteiger partial charge in [-0.3, -0.25) is 9.05 Å². The zero-order valence-electron chi connectivity index (χ0n) is 16.8. The molecule has 2 unspecified atom stereocenters. The van der Waals surface area contributed by atoms with E-state index in [2.05, 4.69) is 6.92 Å². The van der Waals surface area contributed by atoms with E-state index < -0.39 is 7.82 Å². The Kier molecular flexibility index (Phi) is 6.82. The highest BCUT2D eigenvalue weighted by Gasteiger charge is 2.36. The number of hydrogen-bond acceptors (Lipinski definition) is 5. The molecule has 0 bridgehead atoms. The van der Waals surface area contributed by atoms with Crippen molar-refractivity contribution < 1.29 is 23.2 Å². The van der Waals surface area contributed by atoms with E-state index >= 15 is 0 Å². The van der Waals surface area contributed by atoms with Crippen molar-refractivity contribution in [3.63, 3.8) is 0 Å². The van der Waals surface area contributed by atoms with E-state index in [1.807, 2.05) is 44.2 Å². The highest BCUT2D eigenvalue weighted by Crippen LogP contribution is 2.55. The molecule has 0 spiro atoms. The highest BCUT2D eigenvalue weighted by molar-refractivity contribution is 7.49. The van der Waals surface area contributed by atoms with Crippen LogP contribution >= 0.6 is 7.82 Å². The smallest absolute Gasteiger partial charge is 0.507 e. The van der Waals surface area contributed by atoms with Gasteiger partial charge in [0.2, 0.25) is 0 Å². The number of aromatic hydroxyl groups is 1. The molecule has 5 nitrogen and oxygen atoms in total. The molecule has 0 radical (unpaired) electrons. The summed E-state index contributed by atoms with van der Waals surface area (Å²) in [6.07, 6.45) is 4.52. The van der Waals surface area contributed by atoms with Gasteiger partial charge in [0.1, 0.15) is 11.5 Å². The van der Waals surface area contributed by atoms with Crippen LogP contribution in [0.15, 0.2) is 36.4 Å². The van der Waals surface area contributed by atoms with Crippen molar-refractivity contribution >= 4 is 7.82 Å². The average molecular weight is 404 g/mol. The molecule has 0 aromatic heterocycles. The number of aryl methyl sites for hydroxylation is 2. The zero-order valence-corrected chi connectivity index (χ0v) is 17.7. The molecule has 0 aliphatic carbocycles. The third-order valence-corrected chi connectivity index (χ3v) is 6.35. The summed E-state index contributed by atoms with van der Waals surface area (Å²) >= 11 is 0. The molecule has 2 atom stereocenters. The van der Waals surface area contributed by atoms with Crippen molar-refractivity contribution in [3.05, 3.63) is 47.5 Å². The second-order valence-corrected chi connectivity index (χ2v) is 8.94. The van der Waals surface area contributed by atoms with Crippen LogP contribution in [0.1, 0.15) is 50.7 Å². The van der Waals surface area contributed by atoms with Crippen LogP contribution in [0.4, 0.5) is 0 Å². The van der Waals surface area contributed by atoms with E-state index in [9.17, 15) is 9.67 Å². The first kappa shape index (κ1) is 20.9. The molecule has 1 saturated heterocycles. The van der Waals surface area contributed by atoms with Gasteiger partial charge < -0.3 is 9.63 Å². The molecule has 2 aromatic carbocycles. The maximum atomic E-state index is 13.0. The minimum absolute atomic E-state index is 0.103. The van der Waals surface area contributed by atoms with Gasteiger partial charge >= 0.3 is 7.82 Å². The Morgan fingerprint density at radius 1 is 1.25 bits per heavy atom. The molecule has 1 heterocycles. The number of phosphoric ester groups is 1. The standard InChI is InChI=1S/C22H29O5P/c1-4-5-6-9-18-14-20(23)22(19-10-7-8-16(2)13-19)21(15-18)27-28(24)25-12-11-17(3)26-28/h7-8,10,13-15,17,23H,4-6,9,11-12H2,1-3H3. The molecule has 1 N–H and O–H groups in total. The summed E-state index contributed by atoms with van der Waals surface area (Å²) in [5, 5.41) is 10.8. The fraction of sp³-hybridized carbons (Fsp3) is 0.455. The molecule has 1 aliphatic heterocycles. The summed E-state index contributed by atoms with van der Waals surface area (Å²) < 4.78 is 29.7. The van der Waals surface area contributed by atoms with Crippen molar-refractivity contribution in [2.24, 2.45) is 0 Å². The van der Waals surface area contributed by atoms with Crippen molar-refractivity contribution in [2.75, 3.05) is 6.61 Å². The fourth-order valence-corrected chi connectivity index (χ4v) is 4.76. The van der Waals surface area contributed by atoms with Gasteiger partial charge in [-0.1, -0.05) is 49.6 Å². The first-order chi connectivity index (χ1) is 13.4. The van der Waals surface area contributed by atoms with Crippen molar-refractivity contribution in [2.45, 2.75) is 59.0 Å². The molecule has 152 valence electrons. The molecule has 6 heteroatoms. The molecule has 28 heavy (non-hydrogen) atoms. The first-order valence-corrected chi connectivity index (χ1v) is 11.4. The second kappa shape index (κ2) is 9.13.